The Bertz CT molecular complexity index is 2030. The van der Waals surface area contributed by atoms with E-state index in [1.807, 2.05) is 22.7 Å². The summed E-state index contributed by atoms with van der Waals surface area (Å²) in [5.74, 6) is 0. The van der Waals surface area contributed by atoms with Crippen LogP contribution in [0.25, 0.3) is 58.1 Å². The summed E-state index contributed by atoms with van der Waals surface area (Å²) in [6, 6.07) is 42.4. The van der Waals surface area contributed by atoms with Gasteiger partial charge in [0, 0.05) is 35.3 Å². The second kappa shape index (κ2) is 8.80. The predicted molar refractivity (Wildman–Crippen MR) is 167 cm³/mol. The first kappa shape index (κ1) is 22.0. The third-order valence-corrected chi connectivity index (χ3v) is 10.3. The fraction of sp³-hybridized carbons (Fsp3) is 0.0556. The van der Waals surface area contributed by atoms with Gasteiger partial charge in [0.05, 0.1) is 0 Å². The molecule has 7 aromatic rings. The number of hydrogen-bond acceptors (Lipinski definition) is 2. The molecule has 0 bridgehead atoms. The zero-order valence-corrected chi connectivity index (χ0v) is 22.4. The molecule has 0 N–H and O–H groups in total. The summed E-state index contributed by atoms with van der Waals surface area (Å²) in [4.78, 5) is 1.44. The van der Waals surface area contributed by atoms with Crippen LogP contribution in [0.4, 0.5) is 0 Å². The normalized spacial score (nSPS) is 13.2. The van der Waals surface area contributed by atoms with Gasteiger partial charge in [0.15, 0.2) is 0 Å². The van der Waals surface area contributed by atoms with Gasteiger partial charge in [0.1, 0.15) is 0 Å². The molecular formula is C36H24S2. The molecule has 0 saturated heterocycles. The van der Waals surface area contributed by atoms with E-state index < -0.39 is 0 Å². The molecule has 0 atom stereocenters. The van der Waals surface area contributed by atoms with E-state index >= 15 is 0 Å². The Morgan fingerprint density at radius 3 is 1.79 bits per heavy atom. The molecule has 38 heavy (non-hydrogen) atoms. The molecule has 180 valence electrons. The van der Waals surface area contributed by atoms with E-state index in [0.29, 0.717) is 0 Å². The lowest BCUT2D eigenvalue weighted by Crippen LogP contribution is -1.99. The van der Waals surface area contributed by atoms with Crippen LogP contribution >= 0.6 is 22.7 Å². The Morgan fingerprint density at radius 2 is 1.00 bits per heavy atom. The highest BCUT2D eigenvalue weighted by atomic mass is 32.1. The lowest BCUT2D eigenvalue weighted by molar-refractivity contribution is 0.998. The van der Waals surface area contributed by atoms with Crippen LogP contribution < -0.4 is 0 Å². The van der Waals surface area contributed by atoms with Crippen LogP contribution in [0.15, 0.2) is 121 Å². The summed E-state index contributed by atoms with van der Waals surface area (Å²) >= 11 is 3.85. The van der Waals surface area contributed by atoms with Crippen molar-refractivity contribution < 1.29 is 0 Å². The monoisotopic (exact) mass is 520 g/mol. The molecule has 2 aromatic heterocycles. The summed E-state index contributed by atoms with van der Waals surface area (Å²) in [6.07, 6.45) is 4.67. The second-order valence-electron chi connectivity index (χ2n) is 9.93. The predicted octanol–water partition coefficient (Wildman–Crippen LogP) is 11.0. The molecule has 0 spiro atoms. The first-order chi connectivity index (χ1) is 18.9. The first-order valence-corrected chi connectivity index (χ1v) is 14.8. The van der Waals surface area contributed by atoms with Gasteiger partial charge in [-0.1, -0.05) is 109 Å². The number of aryl methyl sites for hydroxylation is 1. The van der Waals surface area contributed by atoms with E-state index in [1.165, 1.54) is 74.1 Å². The smallest absolute Gasteiger partial charge is 0.0434 e. The van der Waals surface area contributed by atoms with E-state index in [0.717, 1.165) is 12.8 Å². The van der Waals surface area contributed by atoms with Crippen molar-refractivity contribution in [3.05, 3.63) is 137 Å². The third kappa shape index (κ3) is 3.34. The number of hydrogen-bond donors (Lipinski definition) is 0. The summed E-state index contributed by atoms with van der Waals surface area (Å²) in [5, 5.41) is 4.11. The third-order valence-electron chi connectivity index (χ3n) is 7.81. The van der Waals surface area contributed by atoms with Crippen molar-refractivity contribution in [2.45, 2.75) is 12.8 Å². The fourth-order valence-corrected chi connectivity index (χ4v) is 8.65. The van der Waals surface area contributed by atoms with Gasteiger partial charge in [-0.05, 0) is 63.8 Å². The Balaban J connectivity index is 1.35. The Labute approximate surface area is 230 Å². The summed E-state index contributed by atoms with van der Waals surface area (Å²) in [6.45, 7) is 0. The molecule has 0 aliphatic heterocycles. The zero-order valence-electron chi connectivity index (χ0n) is 20.8. The second-order valence-corrected chi connectivity index (χ2v) is 12.0. The number of fused-ring (bicyclic) bond motifs is 6. The van der Waals surface area contributed by atoms with Crippen molar-refractivity contribution in [3.8, 4) is 22.3 Å². The minimum atomic E-state index is 1.08. The molecule has 2 heterocycles. The Hall–Kier alpha value is -3.98. The Kier molecular flexibility index (Phi) is 5.11. The maximum absolute atomic E-state index is 2.46. The average molecular weight is 521 g/mol. The van der Waals surface area contributed by atoms with Crippen molar-refractivity contribution in [1.29, 1.82) is 0 Å². The standard InChI is InChI=1S/C36H24S2/c1-3-13-25(29-17-9-19-31-27-15-5-7-21-33(27)37-35(29)31)23(11-1)24-12-2-4-14-26(24)30-18-10-20-32-28-16-6-8-22-34(28)38-36(30)32/h1-9,11-19,21-22H,10,20H2. The number of rotatable bonds is 3. The van der Waals surface area contributed by atoms with Crippen molar-refractivity contribution >= 4 is 58.5 Å². The highest BCUT2D eigenvalue weighted by Crippen LogP contribution is 2.47. The first-order valence-electron chi connectivity index (χ1n) is 13.2. The van der Waals surface area contributed by atoms with Crippen molar-refractivity contribution in [2.24, 2.45) is 0 Å². The molecule has 0 unspecified atom stereocenters. The summed E-state index contributed by atoms with van der Waals surface area (Å²) in [5.41, 5.74) is 9.44. The molecule has 0 amide bonds. The zero-order chi connectivity index (χ0) is 25.1. The maximum atomic E-state index is 2.46. The van der Waals surface area contributed by atoms with Crippen LogP contribution in [0.3, 0.4) is 0 Å². The van der Waals surface area contributed by atoms with Crippen LogP contribution in [0.2, 0.25) is 0 Å². The largest absolute Gasteiger partial charge is 0.135 e. The van der Waals surface area contributed by atoms with Gasteiger partial charge in [-0.3, -0.25) is 0 Å². The highest BCUT2D eigenvalue weighted by molar-refractivity contribution is 7.26. The van der Waals surface area contributed by atoms with Crippen molar-refractivity contribution in [2.75, 3.05) is 0 Å². The van der Waals surface area contributed by atoms with Gasteiger partial charge in [-0.15, -0.1) is 22.7 Å². The van der Waals surface area contributed by atoms with E-state index in [-0.39, 0.29) is 0 Å². The number of allylic oxidation sites excluding steroid dienone is 1. The van der Waals surface area contributed by atoms with Crippen LogP contribution in [-0.4, -0.2) is 0 Å². The molecule has 5 aromatic carbocycles. The average Bonchev–Trinajstić information content (AvgIpc) is 3.56. The quantitative estimate of drug-likeness (QED) is 0.217. The van der Waals surface area contributed by atoms with E-state index in [2.05, 4.69) is 121 Å². The Morgan fingerprint density at radius 1 is 0.447 bits per heavy atom. The molecular weight excluding hydrogens is 497 g/mol. The number of benzene rings is 5. The molecule has 1 aliphatic carbocycles. The minimum Gasteiger partial charge on any atom is -0.135 e. The van der Waals surface area contributed by atoms with Gasteiger partial charge < -0.3 is 0 Å². The SMILES string of the molecule is C1=C(c2ccccc2-c2ccccc2-c2cccc3c2sc2ccccc23)c2sc3ccccc3c2CC1. The van der Waals surface area contributed by atoms with Crippen LogP contribution in [0.5, 0.6) is 0 Å². The van der Waals surface area contributed by atoms with E-state index in [1.54, 1.807) is 0 Å². The molecule has 1 aliphatic rings. The van der Waals surface area contributed by atoms with Gasteiger partial charge >= 0.3 is 0 Å². The molecule has 0 radical (unpaired) electrons. The molecule has 0 nitrogen and oxygen atoms in total. The molecule has 0 fully saturated rings. The van der Waals surface area contributed by atoms with Crippen LogP contribution in [0.1, 0.15) is 22.4 Å². The van der Waals surface area contributed by atoms with Crippen molar-refractivity contribution in [3.63, 3.8) is 0 Å². The molecule has 2 heteroatoms. The fourth-order valence-electron chi connectivity index (χ4n) is 6.12. The lowest BCUT2D eigenvalue weighted by Gasteiger charge is -2.19. The van der Waals surface area contributed by atoms with Gasteiger partial charge in [-0.2, -0.15) is 0 Å². The summed E-state index contributed by atoms with van der Waals surface area (Å²) < 4.78 is 4.10. The highest BCUT2D eigenvalue weighted by Gasteiger charge is 2.23. The molecule has 8 rings (SSSR count). The van der Waals surface area contributed by atoms with Gasteiger partial charge in [0.25, 0.3) is 0 Å². The summed E-state index contributed by atoms with van der Waals surface area (Å²) in [7, 11) is 0. The van der Waals surface area contributed by atoms with Gasteiger partial charge in [0.2, 0.25) is 0 Å². The topological polar surface area (TPSA) is 0 Å². The van der Waals surface area contributed by atoms with E-state index in [4.69, 9.17) is 0 Å². The van der Waals surface area contributed by atoms with Crippen LogP contribution in [0, 0.1) is 0 Å². The molecule has 0 saturated carbocycles. The maximum Gasteiger partial charge on any atom is 0.0434 e. The van der Waals surface area contributed by atoms with Crippen molar-refractivity contribution in [1.82, 2.24) is 0 Å². The van der Waals surface area contributed by atoms with E-state index in [9.17, 15) is 0 Å². The number of thiophene rings is 2. The van der Waals surface area contributed by atoms with Crippen LogP contribution in [-0.2, 0) is 6.42 Å². The minimum absolute atomic E-state index is 1.08. The lowest BCUT2D eigenvalue weighted by atomic mass is 9.85. The van der Waals surface area contributed by atoms with Gasteiger partial charge in [-0.25, -0.2) is 0 Å².